The molecule has 2 rings (SSSR count). The van der Waals surface area contributed by atoms with Gasteiger partial charge < -0.3 is 9.47 Å². The fourth-order valence-electron chi connectivity index (χ4n) is 1.98. The van der Waals surface area contributed by atoms with Gasteiger partial charge in [-0.05, 0) is 25.5 Å². The van der Waals surface area contributed by atoms with Crippen LogP contribution in [0.4, 0.5) is 4.39 Å². The van der Waals surface area contributed by atoms with Crippen LogP contribution in [0.3, 0.4) is 0 Å². The number of hydrogen-bond donors (Lipinski definition) is 0. The fourth-order valence-corrected chi connectivity index (χ4v) is 1.98. The van der Waals surface area contributed by atoms with Gasteiger partial charge in [0.1, 0.15) is 0 Å². The van der Waals surface area contributed by atoms with E-state index in [4.69, 9.17) is 9.47 Å². The Labute approximate surface area is 121 Å². The van der Waals surface area contributed by atoms with Crippen molar-refractivity contribution in [2.24, 2.45) is 0 Å². The summed E-state index contributed by atoms with van der Waals surface area (Å²) in [4.78, 5) is 11.6. The van der Waals surface area contributed by atoms with Crippen molar-refractivity contribution in [2.75, 3.05) is 13.7 Å². The van der Waals surface area contributed by atoms with Crippen molar-refractivity contribution < 1.29 is 18.7 Å². The second kappa shape index (κ2) is 6.34. The molecular formula is C14H16FN3O3. The average Bonchev–Trinajstić information content (AvgIpc) is 2.97. The third kappa shape index (κ3) is 2.86. The van der Waals surface area contributed by atoms with Gasteiger partial charge in [-0.25, -0.2) is 13.9 Å². The van der Waals surface area contributed by atoms with E-state index in [1.54, 1.807) is 13.0 Å². The van der Waals surface area contributed by atoms with Crippen LogP contribution in [-0.2, 0) is 11.2 Å². The molecule has 0 N–H and O–H groups in total. The number of nitrogens with zero attached hydrogens (tertiary/aromatic N) is 3. The van der Waals surface area contributed by atoms with Crippen molar-refractivity contribution in [3.8, 4) is 11.4 Å². The van der Waals surface area contributed by atoms with E-state index in [1.165, 1.54) is 24.1 Å². The first-order valence-corrected chi connectivity index (χ1v) is 6.57. The lowest BCUT2D eigenvalue weighted by Gasteiger charge is -2.11. The molecule has 0 unspecified atom stereocenters. The molecule has 0 atom stereocenters. The van der Waals surface area contributed by atoms with Crippen LogP contribution in [0.5, 0.6) is 5.75 Å². The number of ether oxygens (including phenoxy) is 2. The Bertz CT molecular complexity index is 655. The number of carbonyl (C=O) groups excluding carboxylic acids is 1. The highest BCUT2D eigenvalue weighted by Gasteiger charge is 2.17. The molecule has 21 heavy (non-hydrogen) atoms. The minimum Gasteiger partial charge on any atom is -0.494 e. The number of esters is 1. The van der Waals surface area contributed by atoms with Gasteiger partial charge in [0, 0.05) is 5.56 Å². The Morgan fingerprint density at radius 2 is 2.14 bits per heavy atom. The van der Waals surface area contributed by atoms with Gasteiger partial charge >= 0.3 is 5.97 Å². The van der Waals surface area contributed by atoms with Gasteiger partial charge in [0.15, 0.2) is 17.3 Å². The van der Waals surface area contributed by atoms with E-state index in [2.05, 4.69) is 10.3 Å². The summed E-state index contributed by atoms with van der Waals surface area (Å²) in [6, 6.07) is 3.18. The van der Waals surface area contributed by atoms with Crippen LogP contribution >= 0.6 is 0 Å². The average molecular weight is 293 g/mol. The van der Waals surface area contributed by atoms with Gasteiger partial charge in [-0.1, -0.05) is 12.1 Å². The van der Waals surface area contributed by atoms with E-state index >= 15 is 0 Å². The van der Waals surface area contributed by atoms with Gasteiger partial charge in [0.05, 0.1) is 25.6 Å². The third-order valence-electron chi connectivity index (χ3n) is 2.98. The summed E-state index contributed by atoms with van der Waals surface area (Å²) >= 11 is 0. The maximum Gasteiger partial charge on any atom is 0.360 e. The van der Waals surface area contributed by atoms with E-state index in [0.717, 1.165) is 0 Å². The van der Waals surface area contributed by atoms with Crippen molar-refractivity contribution in [1.29, 1.82) is 0 Å². The van der Waals surface area contributed by atoms with Crippen molar-refractivity contribution >= 4 is 5.97 Å². The topological polar surface area (TPSA) is 66.2 Å². The molecule has 0 bridgehead atoms. The predicted molar refractivity (Wildman–Crippen MR) is 73.2 cm³/mol. The first-order valence-electron chi connectivity index (χ1n) is 6.57. The summed E-state index contributed by atoms with van der Waals surface area (Å²) in [6.07, 6.45) is 1.87. The summed E-state index contributed by atoms with van der Waals surface area (Å²) in [5.41, 5.74) is 1.03. The Morgan fingerprint density at radius 3 is 2.76 bits per heavy atom. The fraction of sp³-hybridized carbons (Fsp3) is 0.357. The molecule has 1 aromatic carbocycles. The van der Waals surface area contributed by atoms with Crippen molar-refractivity contribution in [3.63, 3.8) is 0 Å². The SMILES string of the molecule is CCOC(=O)c1cn(-c2ccc(OC)c(F)c2CC)nn1. The van der Waals surface area contributed by atoms with E-state index in [-0.39, 0.29) is 18.1 Å². The summed E-state index contributed by atoms with van der Waals surface area (Å²) in [7, 11) is 1.41. The molecule has 0 aliphatic heterocycles. The second-order valence-electron chi connectivity index (χ2n) is 4.20. The van der Waals surface area contributed by atoms with Crippen molar-refractivity contribution in [2.45, 2.75) is 20.3 Å². The lowest BCUT2D eigenvalue weighted by atomic mass is 10.1. The van der Waals surface area contributed by atoms with Crippen LogP contribution in [0.15, 0.2) is 18.3 Å². The van der Waals surface area contributed by atoms with Gasteiger partial charge in [-0.2, -0.15) is 0 Å². The molecule has 2 aromatic rings. The zero-order chi connectivity index (χ0) is 15.4. The number of rotatable bonds is 5. The minimum absolute atomic E-state index is 0.0788. The lowest BCUT2D eigenvalue weighted by molar-refractivity contribution is 0.0519. The molecule has 0 spiro atoms. The molecular weight excluding hydrogens is 277 g/mol. The standard InChI is InChI=1S/C14H16FN3O3/c1-4-9-11(6-7-12(20-3)13(9)15)18-8-10(16-17-18)14(19)21-5-2/h6-8H,4-5H2,1-3H3. The second-order valence-corrected chi connectivity index (χ2v) is 4.20. The Morgan fingerprint density at radius 1 is 1.38 bits per heavy atom. The van der Waals surface area contributed by atoms with Crippen LogP contribution in [0.1, 0.15) is 29.9 Å². The van der Waals surface area contributed by atoms with Crippen molar-refractivity contribution in [1.82, 2.24) is 15.0 Å². The summed E-state index contributed by atoms with van der Waals surface area (Å²) in [5, 5.41) is 7.60. The van der Waals surface area contributed by atoms with E-state index in [1.807, 2.05) is 6.92 Å². The van der Waals surface area contributed by atoms with Crippen LogP contribution in [0.2, 0.25) is 0 Å². The molecule has 1 heterocycles. The number of aromatic nitrogens is 3. The van der Waals surface area contributed by atoms with E-state index < -0.39 is 11.8 Å². The molecule has 0 amide bonds. The predicted octanol–water partition coefficient (Wildman–Crippen LogP) is 2.15. The van der Waals surface area contributed by atoms with E-state index in [9.17, 15) is 9.18 Å². The van der Waals surface area contributed by atoms with Gasteiger partial charge in [0.25, 0.3) is 0 Å². The highest BCUT2D eigenvalue weighted by molar-refractivity contribution is 5.86. The Hall–Kier alpha value is -2.44. The van der Waals surface area contributed by atoms with Gasteiger partial charge in [-0.15, -0.1) is 5.10 Å². The molecule has 0 saturated carbocycles. The molecule has 7 heteroatoms. The largest absolute Gasteiger partial charge is 0.494 e. The zero-order valence-electron chi connectivity index (χ0n) is 12.1. The van der Waals surface area contributed by atoms with E-state index in [0.29, 0.717) is 17.7 Å². The lowest BCUT2D eigenvalue weighted by Crippen LogP contribution is -2.05. The smallest absolute Gasteiger partial charge is 0.360 e. The Balaban J connectivity index is 2.43. The molecule has 112 valence electrons. The minimum atomic E-state index is -0.559. The maximum atomic E-state index is 14.2. The number of methoxy groups -OCH3 is 1. The molecule has 0 aliphatic rings. The molecule has 0 radical (unpaired) electrons. The maximum absolute atomic E-state index is 14.2. The van der Waals surface area contributed by atoms with Crippen molar-refractivity contribution in [3.05, 3.63) is 35.4 Å². The monoisotopic (exact) mass is 293 g/mol. The molecule has 0 fully saturated rings. The number of hydrogen-bond acceptors (Lipinski definition) is 5. The Kier molecular flexibility index (Phi) is 4.52. The van der Waals surface area contributed by atoms with Gasteiger partial charge in [-0.3, -0.25) is 0 Å². The molecule has 6 nitrogen and oxygen atoms in total. The van der Waals surface area contributed by atoms with Crippen LogP contribution in [-0.4, -0.2) is 34.7 Å². The van der Waals surface area contributed by atoms with Crippen LogP contribution in [0, 0.1) is 5.82 Å². The quantitative estimate of drug-likeness (QED) is 0.790. The highest BCUT2D eigenvalue weighted by Crippen LogP contribution is 2.26. The molecule has 1 aromatic heterocycles. The normalized spacial score (nSPS) is 10.5. The third-order valence-corrected chi connectivity index (χ3v) is 2.98. The first kappa shape index (κ1) is 15.0. The highest BCUT2D eigenvalue weighted by atomic mass is 19.1. The molecule has 0 aliphatic carbocycles. The number of halogens is 1. The molecule has 0 saturated heterocycles. The summed E-state index contributed by atoms with van der Waals surface area (Å²) < 4.78 is 25.4. The van der Waals surface area contributed by atoms with Crippen LogP contribution < -0.4 is 4.74 Å². The summed E-state index contributed by atoms with van der Waals surface area (Å²) in [5.74, 6) is -0.831. The number of carbonyl (C=O) groups is 1. The number of benzene rings is 1. The van der Waals surface area contributed by atoms with Gasteiger partial charge in [0.2, 0.25) is 0 Å². The first-order chi connectivity index (χ1) is 10.1. The summed E-state index contributed by atoms with van der Waals surface area (Å²) in [6.45, 7) is 3.78. The zero-order valence-corrected chi connectivity index (χ0v) is 12.1. The van der Waals surface area contributed by atoms with Crippen LogP contribution in [0.25, 0.3) is 5.69 Å².